The van der Waals surface area contributed by atoms with Crippen molar-refractivity contribution in [1.82, 2.24) is 4.90 Å². The topological polar surface area (TPSA) is 12.5 Å². The zero-order valence-electron chi connectivity index (χ0n) is 6.92. The third-order valence-electron chi connectivity index (χ3n) is 1.91. The number of hydrogen-bond donors (Lipinski definition) is 0. The van der Waals surface area contributed by atoms with Gasteiger partial charge in [-0.05, 0) is 12.5 Å². The molecule has 0 bridgehead atoms. The number of rotatable bonds is 1. The van der Waals surface area contributed by atoms with Crippen LogP contribution in [0, 0.1) is 5.92 Å². The monoisotopic (exact) mass is 141 g/mol. The van der Waals surface area contributed by atoms with Crippen LogP contribution >= 0.6 is 0 Å². The Hall–Kier alpha value is -0.660. The molecule has 0 radical (unpaired) electrons. The molecule has 0 spiro atoms. The third-order valence-corrected chi connectivity index (χ3v) is 1.91. The van der Waals surface area contributed by atoms with Crippen molar-refractivity contribution in [2.75, 3.05) is 13.6 Å². The van der Waals surface area contributed by atoms with E-state index in [1.165, 1.54) is 0 Å². The summed E-state index contributed by atoms with van der Waals surface area (Å²) in [7, 11) is 2.00. The zero-order chi connectivity index (χ0) is 7.72. The number of nitrogens with zero attached hydrogens (tertiary/aromatic N) is 1. The van der Waals surface area contributed by atoms with Crippen LogP contribution in [-0.2, 0) is 4.74 Å². The molecule has 0 aromatic rings. The molecule has 58 valence electrons. The molecule has 1 heterocycles. The molecule has 1 aliphatic rings. The van der Waals surface area contributed by atoms with Crippen LogP contribution in [0.1, 0.15) is 13.8 Å². The largest absolute Gasteiger partial charge is 0.474 e. The summed E-state index contributed by atoms with van der Waals surface area (Å²) < 4.78 is 5.47. The van der Waals surface area contributed by atoms with Crippen molar-refractivity contribution in [3.63, 3.8) is 0 Å². The van der Waals surface area contributed by atoms with E-state index < -0.39 is 0 Å². The molecule has 0 aromatic heterocycles. The van der Waals surface area contributed by atoms with E-state index in [4.69, 9.17) is 4.74 Å². The quantitative estimate of drug-likeness (QED) is 0.548. The van der Waals surface area contributed by atoms with Gasteiger partial charge in [0.1, 0.15) is 6.10 Å². The first-order chi connectivity index (χ1) is 4.61. The van der Waals surface area contributed by atoms with Crippen molar-refractivity contribution in [3.05, 3.63) is 12.5 Å². The second-order valence-electron chi connectivity index (χ2n) is 3.17. The Morgan fingerprint density at radius 1 is 1.70 bits per heavy atom. The fraction of sp³-hybridized carbons (Fsp3) is 0.750. The van der Waals surface area contributed by atoms with E-state index in [1.807, 2.05) is 11.9 Å². The summed E-state index contributed by atoms with van der Waals surface area (Å²) in [6.07, 6.45) is 0.345. The van der Waals surface area contributed by atoms with Gasteiger partial charge in [-0.2, -0.15) is 0 Å². The average Bonchev–Trinajstić information content (AvgIpc) is 2.13. The average molecular weight is 141 g/mol. The van der Waals surface area contributed by atoms with E-state index in [0.717, 1.165) is 12.4 Å². The van der Waals surface area contributed by atoms with Gasteiger partial charge in [-0.15, -0.1) is 0 Å². The highest BCUT2D eigenvalue weighted by Crippen LogP contribution is 2.20. The molecule has 2 heteroatoms. The van der Waals surface area contributed by atoms with Crippen LogP contribution in [0.15, 0.2) is 12.5 Å². The Labute approximate surface area is 62.5 Å². The first kappa shape index (κ1) is 7.45. The van der Waals surface area contributed by atoms with Crippen LogP contribution < -0.4 is 0 Å². The Morgan fingerprint density at radius 2 is 2.30 bits per heavy atom. The van der Waals surface area contributed by atoms with Gasteiger partial charge in [0.25, 0.3) is 0 Å². The van der Waals surface area contributed by atoms with Crippen LogP contribution in [0.4, 0.5) is 0 Å². The molecule has 0 unspecified atom stereocenters. The van der Waals surface area contributed by atoms with Crippen LogP contribution in [0.25, 0.3) is 0 Å². The molecule has 0 amide bonds. The van der Waals surface area contributed by atoms with Crippen LogP contribution in [-0.4, -0.2) is 24.6 Å². The number of ether oxygens (including phenoxy) is 1. The Bertz CT molecular complexity index is 142. The van der Waals surface area contributed by atoms with Crippen molar-refractivity contribution in [2.24, 2.45) is 5.92 Å². The van der Waals surface area contributed by atoms with E-state index in [0.29, 0.717) is 12.0 Å². The summed E-state index contributed by atoms with van der Waals surface area (Å²) in [6, 6.07) is 0. The van der Waals surface area contributed by atoms with Gasteiger partial charge >= 0.3 is 0 Å². The number of likely N-dealkylation sites (N-methyl/N-ethyl adjacent to an activating group) is 1. The van der Waals surface area contributed by atoms with Crippen molar-refractivity contribution in [3.8, 4) is 0 Å². The standard InChI is InChI=1S/C8H15NO/c1-6(2)8-5-9(4)7(3)10-8/h6,8H,3,5H2,1-2,4H3/t8-/m1/s1. The summed E-state index contributed by atoms with van der Waals surface area (Å²) in [6.45, 7) is 9.08. The molecule has 2 nitrogen and oxygen atoms in total. The van der Waals surface area contributed by atoms with Gasteiger partial charge in [-0.1, -0.05) is 13.8 Å². The van der Waals surface area contributed by atoms with E-state index in [-0.39, 0.29) is 0 Å². The van der Waals surface area contributed by atoms with E-state index >= 15 is 0 Å². The van der Waals surface area contributed by atoms with Gasteiger partial charge in [0, 0.05) is 7.05 Å². The van der Waals surface area contributed by atoms with Gasteiger partial charge < -0.3 is 9.64 Å². The highest BCUT2D eigenvalue weighted by Gasteiger charge is 2.25. The van der Waals surface area contributed by atoms with E-state index in [9.17, 15) is 0 Å². The molecular formula is C8H15NO. The fourth-order valence-electron chi connectivity index (χ4n) is 1.02. The number of hydrogen-bond acceptors (Lipinski definition) is 2. The van der Waals surface area contributed by atoms with Crippen LogP contribution in [0.2, 0.25) is 0 Å². The summed E-state index contributed by atoms with van der Waals surface area (Å²) in [4.78, 5) is 2.05. The van der Waals surface area contributed by atoms with Gasteiger partial charge in [-0.25, -0.2) is 0 Å². The lowest BCUT2D eigenvalue weighted by atomic mass is 10.1. The highest BCUT2D eigenvalue weighted by molar-refractivity contribution is 4.91. The van der Waals surface area contributed by atoms with Crippen LogP contribution in [0.5, 0.6) is 0 Å². The minimum atomic E-state index is 0.345. The summed E-state index contributed by atoms with van der Waals surface area (Å²) >= 11 is 0. The lowest BCUT2D eigenvalue weighted by molar-refractivity contribution is 0.124. The van der Waals surface area contributed by atoms with Gasteiger partial charge in [0.2, 0.25) is 0 Å². The predicted octanol–water partition coefficient (Wildman–Crippen LogP) is 1.44. The van der Waals surface area contributed by atoms with Gasteiger partial charge in [0.15, 0.2) is 5.88 Å². The first-order valence-corrected chi connectivity index (χ1v) is 3.68. The molecule has 0 N–H and O–H groups in total. The molecule has 1 aliphatic heterocycles. The molecule has 1 fully saturated rings. The lowest BCUT2D eigenvalue weighted by Crippen LogP contribution is -2.21. The molecule has 0 saturated carbocycles. The SMILES string of the molecule is C=C1O[C@@H](C(C)C)CN1C. The Kier molecular flexibility index (Phi) is 1.88. The second-order valence-corrected chi connectivity index (χ2v) is 3.17. The smallest absolute Gasteiger partial charge is 0.182 e. The second kappa shape index (κ2) is 2.52. The minimum absolute atomic E-state index is 0.345. The Morgan fingerprint density at radius 3 is 2.50 bits per heavy atom. The van der Waals surface area contributed by atoms with Gasteiger partial charge in [0.05, 0.1) is 6.54 Å². The van der Waals surface area contributed by atoms with Crippen molar-refractivity contribution < 1.29 is 4.74 Å². The summed E-state index contributed by atoms with van der Waals surface area (Å²) in [5.41, 5.74) is 0. The molecule has 1 atom stereocenters. The molecule has 10 heavy (non-hydrogen) atoms. The molecule has 1 rings (SSSR count). The molecule has 0 aromatic carbocycles. The third kappa shape index (κ3) is 1.25. The highest BCUT2D eigenvalue weighted by atomic mass is 16.5. The molecule has 1 saturated heterocycles. The summed E-state index contributed by atoms with van der Waals surface area (Å²) in [5, 5.41) is 0. The van der Waals surface area contributed by atoms with Crippen molar-refractivity contribution >= 4 is 0 Å². The fourth-order valence-corrected chi connectivity index (χ4v) is 1.02. The minimum Gasteiger partial charge on any atom is -0.474 e. The van der Waals surface area contributed by atoms with Crippen molar-refractivity contribution in [2.45, 2.75) is 20.0 Å². The summed E-state index contributed by atoms with van der Waals surface area (Å²) in [5.74, 6) is 1.39. The maximum absolute atomic E-state index is 5.47. The predicted molar refractivity (Wildman–Crippen MR) is 41.5 cm³/mol. The first-order valence-electron chi connectivity index (χ1n) is 3.68. The molecule has 0 aliphatic carbocycles. The van der Waals surface area contributed by atoms with Gasteiger partial charge in [-0.3, -0.25) is 0 Å². The normalized spacial score (nSPS) is 25.8. The maximum Gasteiger partial charge on any atom is 0.182 e. The van der Waals surface area contributed by atoms with E-state index in [2.05, 4.69) is 20.4 Å². The maximum atomic E-state index is 5.47. The van der Waals surface area contributed by atoms with Crippen LogP contribution in [0.3, 0.4) is 0 Å². The lowest BCUT2D eigenvalue weighted by Gasteiger charge is -2.11. The van der Waals surface area contributed by atoms with Crippen molar-refractivity contribution in [1.29, 1.82) is 0 Å². The Balaban J connectivity index is 2.49. The van der Waals surface area contributed by atoms with E-state index in [1.54, 1.807) is 0 Å². The molecular weight excluding hydrogens is 126 g/mol. The zero-order valence-corrected chi connectivity index (χ0v) is 6.92.